The predicted molar refractivity (Wildman–Crippen MR) is 126 cm³/mol. The molecule has 3 aromatic carbocycles. The first-order valence-electron chi connectivity index (χ1n) is 10.5. The van der Waals surface area contributed by atoms with Crippen molar-refractivity contribution < 1.29 is 9.21 Å². The van der Waals surface area contributed by atoms with E-state index in [0.717, 1.165) is 27.8 Å². The van der Waals surface area contributed by atoms with Gasteiger partial charge in [0.1, 0.15) is 5.58 Å². The van der Waals surface area contributed by atoms with Gasteiger partial charge in [-0.15, -0.1) is 0 Å². The summed E-state index contributed by atoms with van der Waals surface area (Å²) in [6.07, 6.45) is 0. The van der Waals surface area contributed by atoms with E-state index < -0.39 is 6.04 Å². The zero-order valence-electron chi connectivity index (χ0n) is 18.1. The van der Waals surface area contributed by atoms with Gasteiger partial charge in [-0.2, -0.15) is 0 Å². The molecule has 0 bridgehead atoms. The third kappa shape index (κ3) is 3.32. The van der Waals surface area contributed by atoms with Gasteiger partial charge in [-0.25, -0.2) is 0 Å². The molecule has 0 N–H and O–H groups in total. The van der Waals surface area contributed by atoms with Crippen molar-refractivity contribution >= 4 is 28.5 Å². The number of hydrogen-bond donors (Lipinski definition) is 0. The Hall–Kier alpha value is -3.37. The number of hydrogen-bond acceptors (Lipinski definition) is 3. The zero-order chi connectivity index (χ0) is 22.6. The van der Waals surface area contributed by atoms with E-state index >= 15 is 0 Å². The molecule has 5 rings (SSSR count). The SMILES string of the molecule is Cc1ccc(CN2C(=O)c3oc4cc(C)cc(C)c4c(=O)c3C2c2ccc(Cl)cc2)cc1. The molecular weight excluding hydrogens is 422 g/mol. The van der Waals surface area contributed by atoms with Crippen molar-refractivity contribution in [2.24, 2.45) is 0 Å². The molecule has 5 heteroatoms. The highest BCUT2D eigenvalue weighted by molar-refractivity contribution is 6.30. The zero-order valence-corrected chi connectivity index (χ0v) is 18.9. The molecule has 0 aliphatic carbocycles. The molecule has 0 fully saturated rings. The number of rotatable bonds is 3. The van der Waals surface area contributed by atoms with E-state index in [2.05, 4.69) is 0 Å². The summed E-state index contributed by atoms with van der Waals surface area (Å²) in [6, 6.07) is 18.6. The third-order valence-electron chi connectivity index (χ3n) is 6.07. The lowest BCUT2D eigenvalue weighted by molar-refractivity contribution is 0.0714. The Morgan fingerprint density at radius 2 is 1.59 bits per heavy atom. The quantitative estimate of drug-likeness (QED) is 0.383. The molecule has 1 aromatic heterocycles. The van der Waals surface area contributed by atoms with Crippen LogP contribution in [0.2, 0.25) is 5.02 Å². The molecule has 0 spiro atoms. The minimum atomic E-state index is -0.544. The minimum absolute atomic E-state index is 0.125. The maximum Gasteiger partial charge on any atom is 0.291 e. The Morgan fingerprint density at radius 1 is 0.906 bits per heavy atom. The second-order valence-electron chi connectivity index (χ2n) is 8.50. The van der Waals surface area contributed by atoms with Crippen LogP contribution >= 0.6 is 11.6 Å². The Bertz CT molecular complexity index is 1420. The number of nitrogens with zero attached hydrogens (tertiary/aromatic N) is 1. The first-order chi connectivity index (χ1) is 15.3. The number of halogens is 1. The molecular formula is C27H22ClNO3. The molecule has 4 nitrogen and oxygen atoms in total. The average molecular weight is 444 g/mol. The van der Waals surface area contributed by atoms with Crippen LogP contribution in [-0.2, 0) is 6.54 Å². The molecule has 1 unspecified atom stereocenters. The van der Waals surface area contributed by atoms with E-state index in [-0.39, 0.29) is 17.1 Å². The third-order valence-corrected chi connectivity index (χ3v) is 6.32. The number of aryl methyl sites for hydroxylation is 3. The smallest absolute Gasteiger partial charge is 0.291 e. The summed E-state index contributed by atoms with van der Waals surface area (Å²) in [5, 5.41) is 1.12. The molecule has 32 heavy (non-hydrogen) atoms. The highest BCUT2D eigenvalue weighted by Crippen LogP contribution is 2.39. The summed E-state index contributed by atoms with van der Waals surface area (Å²) in [7, 11) is 0. The van der Waals surface area contributed by atoms with Crippen molar-refractivity contribution in [3.05, 3.63) is 115 Å². The highest BCUT2D eigenvalue weighted by Gasteiger charge is 2.42. The summed E-state index contributed by atoms with van der Waals surface area (Å²) in [6.45, 7) is 6.23. The second kappa shape index (κ2) is 7.64. The van der Waals surface area contributed by atoms with Gasteiger partial charge in [-0.1, -0.05) is 59.6 Å². The summed E-state index contributed by atoms with van der Waals surface area (Å²) in [5.41, 5.74) is 5.47. The van der Waals surface area contributed by atoms with Crippen LogP contribution in [0.15, 0.2) is 69.9 Å². The van der Waals surface area contributed by atoms with Gasteiger partial charge in [-0.05, 0) is 61.2 Å². The molecule has 0 radical (unpaired) electrons. The van der Waals surface area contributed by atoms with E-state index in [1.54, 1.807) is 17.0 Å². The first-order valence-corrected chi connectivity index (χ1v) is 10.9. The van der Waals surface area contributed by atoms with Crippen molar-refractivity contribution in [3.8, 4) is 0 Å². The van der Waals surface area contributed by atoms with Crippen molar-refractivity contribution in [1.29, 1.82) is 0 Å². The summed E-state index contributed by atoms with van der Waals surface area (Å²) < 4.78 is 6.10. The van der Waals surface area contributed by atoms with E-state index in [4.69, 9.17) is 16.0 Å². The van der Waals surface area contributed by atoms with Gasteiger partial charge in [0.05, 0.1) is 17.0 Å². The fraction of sp³-hybridized carbons (Fsp3) is 0.185. The average Bonchev–Trinajstić information content (AvgIpc) is 3.02. The fourth-order valence-electron chi connectivity index (χ4n) is 4.56. The van der Waals surface area contributed by atoms with E-state index in [9.17, 15) is 9.59 Å². The normalized spacial score (nSPS) is 15.4. The van der Waals surface area contributed by atoms with Crippen LogP contribution in [0.3, 0.4) is 0 Å². The largest absolute Gasteiger partial charge is 0.450 e. The predicted octanol–water partition coefficient (Wildman–Crippen LogP) is 6.12. The maximum absolute atomic E-state index is 13.7. The number of carbonyl (C=O) groups excluding carboxylic acids is 1. The summed E-state index contributed by atoms with van der Waals surface area (Å²) in [4.78, 5) is 29.0. The molecule has 1 amide bonds. The highest BCUT2D eigenvalue weighted by atomic mass is 35.5. The van der Waals surface area contributed by atoms with Gasteiger partial charge in [0.15, 0.2) is 5.43 Å². The van der Waals surface area contributed by atoms with Gasteiger partial charge in [0, 0.05) is 11.6 Å². The molecule has 1 atom stereocenters. The molecule has 1 aliphatic heterocycles. The van der Waals surface area contributed by atoms with Crippen LogP contribution in [0.1, 0.15) is 50.0 Å². The van der Waals surface area contributed by atoms with Crippen LogP contribution in [0.5, 0.6) is 0 Å². The summed E-state index contributed by atoms with van der Waals surface area (Å²) >= 11 is 6.11. The van der Waals surface area contributed by atoms with Gasteiger partial charge >= 0.3 is 0 Å². The lowest BCUT2D eigenvalue weighted by Crippen LogP contribution is -2.29. The van der Waals surface area contributed by atoms with Crippen LogP contribution in [-0.4, -0.2) is 10.8 Å². The number of fused-ring (bicyclic) bond motifs is 2. The van der Waals surface area contributed by atoms with Crippen LogP contribution in [0, 0.1) is 20.8 Å². The Kier molecular flexibility index (Phi) is 4.90. The van der Waals surface area contributed by atoms with E-state index in [1.807, 2.05) is 69.3 Å². The van der Waals surface area contributed by atoms with E-state index in [0.29, 0.717) is 28.1 Å². The van der Waals surface area contributed by atoms with Crippen molar-refractivity contribution in [2.75, 3.05) is 0 Å². The van der Waals surface area contributed by atoms with Gasteiger partial charge < -0.3 is 9.32 Å². The Labute approximate surface area is 191 Å². The lowest BCUT2D eigenvalue weighted by atomic mass is 9.96. The number of amides is 1. The number of benzene rings is 3. The van der Waals surface area contributed by atoms with Crippen LogP contribution in [0.4, 0.5) is 0 Å². The monoisotopic (exact) mass is 443 g/mol. The van der Waals surface area contributed by atoms with E-state index in [1.165, 1.54) is 0 Å². The molecule has 4 aromatic rings. The summed E-state index contributed by atoms with van der Waals surface area (Å²) in [5.74, 6) is -0.154. The number of carbonyl (C=O) groups is 1. The first kappa shape index (κ1) is 20.5. The Balaban J connectivity index is 1.74. The maximum atomic E-state index is 13.7. The Morgan fingerprint density at radius 3 is 2.28 bits per heavy atom. The molecule has 1 aliphatic rings. The van der Waals surface area contributed by atoms with Gasteiger partial charge in [0.2, 0.25) is 5.76 Å². The topological polar surface area (TPSA) is 50.5 Å². The molecule has 0 saturated carbocycles. The second-order valence-corrected chi connectivity index (χ2v) is 8.94. The fourth-order valence-corrected chi connectivity index (χ4v) is 4.68. The van der Waals surface area contributed by atoms with Crippen molar-refractivity contribution in [1.82, 2.24) is 4.90 Å². The van der Waals surface area contributed by atoms with Crippen molar-refractivity contribution in [3.63, 3.8) is 0 Å². The standard InChI is InChI=1S/C27H22ClNO3/c1-15-4-6-18(7-5-15)14-29-24(19-8-10-20(28)11-9-19)23-25(30)22-17(3)12-16(2)13-21(22)32-26(23)27(29)31/h4-13,24H,14H2,1-3H3. The van der Waals surface area contributed by atoms with Gasteiger partial charge in [-0.3, -0.25) is 9.59 Å². The molecule has 2 heterocycles. The van der Waals surface area contributed by atoms with Crippen LogP contribution in [0.25, 0.3) is 11.0 Å². The van der Waals surface area contributed by atoms with Crippen molar-refractivity contribution in [2.45, 2.75) is 33.4 Å². The van der Waals surface area contributed by atoms with Gasteiger partial charge in [0.25, 0.3) is 5.91 Å². The van der Waals surface area contributed by atoms with Crippen LogP contribution < -0.4 is 5.43 Å². The molecule has 0 saturated heterocycles. The lowest BCUT2D eigenvalue weighted by Gasteiger charge is -2.25. The minimum Gasteiger partial charge on any atom is -0.450 e. The molecule has 160 valence electrons.